The second kappa shape index (κ2) is 10.2. The van der Waals surface area contributed by atoms with Crippen molar-refractivity contribution in [3.63, 3.8) is 0 Å². The van der Waals surface area contributed by atoms with Gasteiger partial charge in [-0.1, -0.05) is 11.6 Å². The van der Waals surface area contributed by atoms with E-state index in [1.54, 1.807) is 28.8 Å². The van der Waals surface area contributed by atoms with E-state index in [1.807, 2.05) is 0 Å². The molecule has 1 aromatic heterocycles. The van der Waals surface area contributed by atoms with Crippen molar-refractivity contribution in [3.05, 3.63) is 69.0 Å². The number of carbonyl (C=O) groups excluding carboxylic acids is 1. The molecule has 3 aromatic rings. The zero-order chi connectivity index (χ0) is 24.2. The monoisotopic (exact) mass is 499 g/mol. The highest BCUT2D eigenvalue weighted by Gasteiger charge is 2.33. The molecule has 13 heteroatoms. The van der Waals surface area contributed by atoms with Crippen LogP contribution in [0.3, 0.4) is 0 Å². The van der Waals surface area contributed by atoms with E-state index >= 15 is 0 Å². The van der Waals surface area contributed by atoms with E-state index in [-0.39, 0.29) is 16.0 Å². The van der Waals surface area contributed by atoms with Gasteiger partial charge in [-0.15, -0.1) is 10.2 Å². The molecule has 2 aromatic carbocycles. The van der Waals surface area contributed by atoms with Crippen LogP contribution in [0.5, 0.6) is 0 Å². The third-order valence-electron chi connectivity index (χ3n) is 4.42. The Bertz CT molecular complexity index is 1170. The lowest BCUT2D eigenvalue weighted by atomic mass is 10.2. The lowest BCUT2D eigenvalue weighted by Gasteiger charge is -2.12. The largest absolute Gasteiger partial charge is 0.416 e. The summed E-state index contributed by atoms with van der Waals surface area (Å²) in [5.41, 5.74) is -1.18. The minimum absolute atomic E-state index is 0.0135. The molecule has 174 valence electrons. The van der Waals surface area contributed by atoms with Crippen molar-refractivity contribution in [2.24, 2.45) is 0 Å². The first-order chi connectivity index (χ1) is 15.6. The maximum absolute atomic E-state index is 13.0. The number of hydrogen-bond acceptors (Lipinski definition) is 6. The molecule has 0 fully saturated rings. The number of halogens is 4. The van der Waals surface area contributed by atoms with Crippen LogP contribution >= 0.6 is 23.4 Å². The number of nitrogens with one attached hydrogen (secondary N) is 1. The van der Waals surface area contributed by atoms with Gasteiger partial charge < -0.3 is 5.32 Å². The van der Waals surface area contributed by atoms with Crippen molar-refractivity contribution in [2.75, 3.05) is 6.54 Å². The molecule has 0 radical (unpaired) electrons. The lowest BCUT2D eigenvalue weighted by molar-refractivity contribution is -0.388. The summed E-state index contributed by atoms with van der Waals surface area (Å²) in [5, 5.41) is 23.1. The van der Waals surface area contributed by atoms with Gasteiger partial charge in [0.25, 0.3) is 5.69 Å². The van der Waals surface area contributed by atoms with Gasteiger partial charge in [0.05, 0.1) is 15.4 Å². The van der Waals surface area contributed by atoms with Gasteiger partial charge >= 0.3 is 6.18 Å². The summed E-state index contributed by atoms with van der Waals surface area (Å²) in [7, 11) is 0. The Labute approximate surface area is 195 Å². The van der Waals surface area contributed by atoms with Crippen molar-refractivity contribution < 1.29 is 22.9 Å². The maximum atomic E-state index is 13.0. The molecule has 0 spiro atoms. The van der Waals surface area contributed by atoms with E-state index in [0.29, 0.717) is 42.0 Å². The molecule has 0 saturated heterocycles. The predicted octanol–water partition coefficient (Wildman–Crippen LogP) is 5.07. The van der Waals surface area contributed by atoms with Crippen molar-refractivity contribution >= 4 is 35.0 Å². The van der Waals surface area contributed by atoms with Gasteiger partial charge in [-0.2, -0.15) is 13.2 Å². The number of amides is 1. The van der Waals surface area contributed by atoms with Crippen LogP contribution in [0.4, 0.5) is 18.9 Å². The minimum atomic E-state index is -4.71. The molecule has 33 heavy (non-hydrogen) atoms. The molecule has 3 rings (SSSR count). The topological polar surface area (TPSA) is 103 Å². The number of rotatable bonds is 8. The van der Waals surface area contributed by atoms with E-state index in [9.17, 15) is 28.1 Å². The molecule has 1 heterocycles. The summed E-state index contributed by atoms with van der Waals surface area (Å²) in [6, 6.07) is 9.03. The van der Waals surface area contributed by atoms with Gasteiger partial charge in [-0.3, -0.25) is 19.5 Å². The molecule has 0 saturated carbocycles. The first-order valence-electron chi connectivity index (χ1n) is 9.54. The van der Waals surface area contributed by atoms with E-state index in [0.717, 1.165) is 23.9 Å². The Balaban J connectivity index is 1.98. The zero-order valence-corrected chi connectivity index (χ0v) is 18.7. The highest BCUT2D eigenvalue weighted by Crippen LogP contribution is 2.39. The van der Waals surface area contributed by atoms with E-state index < -0.39 is 22.4 Å². The van der Waals surface area contributed by atoms with E-state index in [1.165, 1.54) is 6.92 Å². The summed E-state index contributed by atoms with van der Waals surface area (Å²) in [6.07, 6.45) is -3.74. The lowest BCUT2D eigenvalue weighted by Crippen LogP contribution is -2.21. The van der Waals surface area contributed by atoms with Crippen LogP contribution in [0.15, 0.2) is 52.5 Å². The first-order valence-corrected chi connectivity index (χ1v) is 10.7. The number of aryl methyl sites for hydroxylation is 1. The number of benzene rings is 2. The number of nitro groups is 1. The van der Waals surface area contributed by atoms with Crippen LogP contribution in [-0.2, 0) is 17.4 Å². The Morgan fingerprint density at radius 3 is 2.52 bits per heavy atom. The van der Waals surface area contributed by atoms with E-state index in [4.69, 9.17) is 11.6 Å². The van der Waals surface area contributed by atoms with Crippen LogP contribution in [0, 0.1) is 10.1 Å². The van der Waals surface area contributed by atoms with Gasteiger partial charge in [-0.25, -0.2) is 0 Å². The average molecular weight is 500 g/mol. The van der Waals surface area contributed by atoms with Crippen LogP contribution < -0.4 is 5.32 Å². The fourth-order valence-corrected chi connectivity index (χ4v) is 3.99. The highest BCUT2D eigenvalue weighted by molar-refractivity contribution is 7.99. The highest BCUT2D eigenvalue weighted by atomic mass is 35.5. The molecule has 0 unspecified atom stereocenters. The summed E-state index contributed by atoms with van der Waals surface area (Å²) >= 11 is 6.80. The quantitative estimate of drug-likeness (QED) is 0.264. The number of nitrogens with zero attached hydrogens (tertiary/aromatic N) is 4. The zero-order valence-electron chi connectivity index (χ0n) is 17.1. The summed E-state index contributed by atoms with van der Waals surface area (Å²) in [6.45, 7) is 1.82. The number of carbonyl (C=O) groups is 1. The normalized spacial score (nSPS) is 11.4. The molecule has 0 aliphatic carbocycles. The SMILES string of the molecule is CC(=O)NCCCc1nnc(Sc2ccc(C(F)(F)F)cc2[N+](=O)[O-])n1-c1ccc(Cl)cc1. The number of aromatic nitrogens is 3. The third kappa shape index (κ3) is 6.23. The van der Waals surface area contributed by atoms with Crippen molar-refractivity contribution in [2.45, 2.75) is 36.0 Å². The standard InChI is InChI=1S/C20H17ClF3N5O3S/c1-12(30)25-10-2-3-18-26-27-19(28(18)15-7-5-14(21)6-8-15)33-17-9-4-13(20(22,23)24)11-16(17)29(31)32/h4-9,11H,2-3,10H2,1H3,(H,25,30). The van der Waals surface area contributed by atoms with Gasteiger partial charge in [0.2, 0.25) is 11.1 Å². The summed E-state index contributed by atoms with van der Waals surface area (Å²) in [4.78, 5) is 21.6. The molecule has 0 bridgehead atoms. The Morgan fingerprint density at radius 1 is 1.21 bits per heavy atom. The summed E-state index contributed by atoms with van der Waals surface area (Å²) < 4.78 is 40.7. The number of hydrogen-bond donors (Lipinski definition) is 1. The average Bonchev–Trinajstić information content (AvgIpc) is 3.13. The molecule has 0 aliphatic rings. The van der Waals surface area contributed by atoms with Crippen LogP contribution in [-0.4, -0.2) is 32.1 Å². The molecule has 1 N–H and O–H groups in total. The van der Waals surface area contributed by atoms with Crippen LogP contribution in [0.1, 0.15) is 24.7 Å². The Kier molecular flexibility index (Phi) is 7.59. The number of alkyl halides is 3. The first kappa shape index (κ1) is 24.5. The second-order valence-electron chi connectivity index (χ2n) is 6.84. The van der Waals surface area contributed by atoms with E-state index in [2.05, 4.69) is 15.5 Å². The maximum Gasteiger partial charge on any atom is 0.416 e. The second-order valence-corrected chi connectivity index (χ2v) is 8.28. The van der Waals surface area contributed by atoms with Crippen molar-refractivity contribution in [1.82, 2.24) is 20.1 Å². The smallest absolute Gasteiger partial charge is 0.356 e. The van der Waals surface area contributed by atoms with Gasteiger partial charge in [-0.05, 0) is 54.6 Å². The van der Waals surface area contributed by atoms with Crippen molar-refractivity contribution in [3.8, 4) is 5.69 Å². The molecular formula is C20H17ClF3N5O3S. The summed E-state index contributed by atoms with van der Waals surface area (Å²) in [5.74, 6) is 0.347. The van der Waals surface area contributed by atoms with Gasteiger partial charge in [0, 0.05) is 36.7 Å². The Morgan fingerprint density at radius 2 is 1.91 bits per heavy atom. The number of nitro benzene ring substituents is 1. The fourth-order valence-electron chi connectivity index (χ4n) is 2.91. The molecule has 0 aliphatic heterocycles. The minimum Gasteiger partial charge on any atom is -0.356 e. The third-order valence-corrected chi connectivity index (χ3v) is 5.68. The fraction of sp³-hybridized carbons (Fsp3) is 0.250. The Hall–Kier alpha value is -3.12. The van der Waals surface area contributed by atoms with Crippen LogP contribution in [0.2, 0.25) is 5.02 Å². The predicted molar refractivity (Wildman–Crippen MR) is 116 cm³/mol. The molecular weight excluding hydrogens is 483 g/mol. The van der Waals surface area contributed by atoms with Gasteiger partial charge in [0.15, 0.2) is 0 Å². The van der Waals surface area contributed by atoms with Crippen molar-refractivity contribution in [1.29, 1.82) is 0 Å². The molecule has 1 amide bonds. The van der Waals surface area contributed by atoms with Crippen LogP contribution in [0.25, 0.3) is 5.69 Å². The molecule has 8 nitrogen and oxygen atoms in total. The molecule has 0 atom stereocenters. The van der Waals surface area contributed by atoms with Gasteiger partial charge in [0.1, 0.15) is 5.82 Å².